The smallest absolute Gasteiger partial charge is 0.254 e. The van der Waals surface area contributed by atoms with Gasteiger partial charge in [0.25, 0.3) is 5.91 Å². The first-order valence-corrected chi connectivity index (χ1v) is 7.27. The number of rotatable bonds is 4. The normalized spacial score (nSPS) is 10.4. The molecule has 0 spiro atoms. The molecule has 0 saturated heterocycles. The van der Waals surface area contributed by atoms with Gasteiger partial charge in [-0.3, -0.25) is 4.79 Å². The van der Waals surface area contributed by atoms with Crippen LogP contribution in [0.1, 0.15) is 15.9 Å². The standard InChI is InChI=1S/C16H17FN2OS/c1-19(2)16(20)12-5-3-4-6-14(12)21-15-8-7-11(10-17)9-13(15)18/h3-9H,10,18H2,1-2H3. The highest BCUT2D eigenvalue weighted by atomic mass is 32.2. The molecule has 0 aliphatic carbocycles. The Kier molecular flexibility index (Phi) is 4.85. The van der Waals surface area contributed by atoms with Crippen LogP contribution in [0.3, 0.4) is 0 Å². The molecule has 1 amide bonds. The summed E-state index contributed by atoms with van der Waals surface area (Å²) < 4.78 is 12.6. The average molecular weight is 304 g/mol. The van der Waals surface area contributed by atoms with Crippen molar-refractivity contribution in [1.82, 2.24) is 4.90 Å². The largest absolute Gasteiger partial charge is 0.398 e. The van der Waals surface area contributed by atoms with E-state index in [1.54, 1.807) is 38.4 Å². The number of halogens is 1. The van der Waals surface area contributed by atoms with Gasteiger partial charge in [0.1, 0.15) is 6.67 Å². The molecule has 0 saturated carbocycles. The Balaban J connectivity index is 2.34. The van der Waals surface area contributed by atoms with E-state index in [4.69, 9.17) is 5.73 Å². The first-order valence-electron chi connectivity index (χ1n) is 6.46. The number of alkyl halides is 1. The van der Waals surface area contributed by atoms with Crippen LogP contribution in [0.25, 0.3) is 0 Å². The third-order valence-electron chi connectivity index (χ3n) is 2.97. The van der Waals surface area contributed by atoms with E-state index >= 15 is 0 Å². The number of amides is 1. The van der Waals surface area contributed by atoms with E-state index in [9.17, 15) is 9.18 Å². The zero-order valence-corrected chi connectivity index (χ0v) is 12.8. The Morgan fingerprint density at radius 1 is 1.19 bits per heavy atom. The fraction of sp³-hybridized carbons (Fsp3) is 0.188. The molecule has 0 heterocycles. The molecule has 0 radical (unpaired) electrons. The predicted octanol–water partition coefficient (Wildman–Crippen LogP) is 3.59. The third-order valence-corrected chi connectivity index (χ3v) is 4.14. The lowest BCUT2D eigenvalue weighted by Gasteiger charge is -2.14. The van der Waals surface area contributed by atoms with Crippen molar-refractivity contribution in [2.45, 2.75) is 16.5 Å². The van der Waals surface area contributed by atoms with Crippen LogP contribution >= 0.6 is 11.8 Å². The van der Waals surface area contributed by atoms with Gasteiger partial charge in [0.15, 0.2) is 0 Å². The van der Waals surface area contributed by atoms with Gasteiger partial charge in [-0.1, -0.05) is 30.0 Å². The van der Waals surface area contributed by atoms with Crippen LogP contribution in [-0.4, -0.2) is 24.9 Å². The summed E-state index contributed by atoms with van der Waals surface area (Å²) in [5.41, 5.74) is 7.64. The number of carbonyl (C=O) groups is 1. The molecule has 0 unspecified atom stereocenters. The van der Waals surface area contributed by atoms with Crippen LogP contribution in [0.2, 0.25) is 0 Å². The van der Waals surface area contributed by atoms with E-state index in [1.807, 2.05) is 18.2 Å². The van der Waals surface area contributed by atoms with Crippen LogP contribution in [0.4, 0.5) is 10.1 Å². The zero-order chi connectivity index (χ0) is 15.4. The lowest BCUT2D eigenvalue weighted by atomic mass is 10.2. The second kappa shape index (κ2) is 6.63. The van der Waals surface area contributed by atoms with Gasteiger partial charge in [0, 0.05) is 29.6 Å². The molecule has 0 aliphatic heterocycles. The highest BCUT2D eigenvalue weighted by molar-refractivity contribution is 7.99. The van der Waals surface area contributed by atoms with E-state index in [0.717, 1.165) is 9.79 Å². The lowest BCUT2D eigenvalue weighted by molar-refractivity contribution is 0.0824. The summed E-state index contributed by atoms with van der Waals surface area (Å²) in [6, 6.07) is 12.5. The van der Waals surface area contributed by atoms with E-state index in [1.165, 1.54) is 16.7 Å². The Labute approximate surface area is 127 Å². The number of anilines is 1. The van der Waals surface area contributed by atoms with E-state index in [0.29, 0.717) is 16.8 Å². The van der Waals surface area contributed by atoms with Crippen molar-refractivity contribution in [3.05, 3.63) is 53.6 Å². The van der Waals surface area contributed by atoms with Gasteiger partial charge >= 0.3 is 0 Å². The molecule has 2 N–H and O–H groups in total. The fourth-order valence-corrected chi connectivity index (χ4v) is 2.83. The third kappa shape index (κ3) is 3.55. The zero-order valence-electron chi connectivity index (χ0n) is 12.0. The molecule has 0 bridgehead atoms. The second-order valence-electron chi connectivity index (χ2n) is 4.80. The SMILES string of the molecule is CN(C)C(=O)c1ccccc1Sc1ccc(CF)cc1N. The molecule has 0 atom stereocenters. The van der Waals surface area contributed by atoms with Crippen LogP contribution in [0.15, 0.2) is 52.3 Å². The van der Waals surface area contributed by atoms with Crippen LogP contribution < -0.4 is 5.73 Å². The molecule has 0 fully saturated rings. The van der Waals surface area contributed by atoms with Crippen molar-refractivity contribution in [1.29, 1.82) is 0 Å². The molecular formula is C16H17FN2OS. The summed E-state index contributed by atoms with van der Waals surface area (Å²) >= 11 is 1.41. The molecule has 2 aromatic rings. The van der Waals surface area contributed by atoms with Crippen molar-refractivity contribution in [3.8, 4) is 0 Å². The fourth-order valence-electron chi connectivity index (χ4n) is 1.87. The first-order chi connectivity index (χ1) is 10.0. The second-order valence-corrected chi connectivity index (χ2v) is 5.89. The van der Waals surface area contributed by atoms with E-state index in [-0.39, 0.29) is 5.91 Å². The van der Waals surface area contributed by atoms with Gasteiger partial charge in [-0.05, 0) is 29.8 Å². The number of hydrogen-bond donors (Lipinski definition) is 1. The number of carbonyl (C=O) groups excluding carboxylic acids is 1. The summed E-state index contributed by atoms with van der Waals surface area (Å²) in [7, 11) is 3.43. The molecule has 0 aliphatic rings. The van der Waals surface area contributed by atoms with Gasteiger partial charge in [-0.25, -0.2) is 4.39 Å². The Bertz CT molecular complexity index is 658. The summed E-state index contributed by atoms with van der Waals surface area (Å²) in [5.74, 6) is -0.0583. The molecule has 110 valence electrons. The average Bonchev–Trinajstić information content (AvgIpc) is 2.49. The topological polar surface area (TPSA) is 46.3 Å². The summed E-state index contributed by atoms with van der Waals surface area (Å²) in [4.78, 5) is 15.4. The quantitative estimate of drug-likeness (QED) is 0.878. The van der Waals surface area contributed by atoms with E-state index < -0.39 is 6.67 Å². The van der Waals surface area contributed by atoms with Crippen molar-refractivity contribution in [2.24, 2.45) is 0 Å². The van der Waals surface area contributed by atoms with Gasteiger partial charge < -0.3 is 10.6 Å². The monoisotopic (exact) mass is 304 g/mol. The van der Waals surface area contributed by atoms with Crippen LogP contribution in [0, 0.1) is 0 Å². The Morgan fingerprint density at radius 2 is 1.90 bits per heavy atom. The highest BCUT2D eigenvalue weighted by Crippen LogP contribution is 2.35. The van der Waals surface area contributed by atoms with E-state index in [2.05, 4.69) is 0 Å². The van der Waals surface area contributed by atoms with Crippen LogP contribution in [0.5, 0.6) is 0 Å². The molecule has 5 heteroatoms. The molecular weight excluding hydrogens is 287 g/mol. The maximum absolute atomic E-state index is 12.6. The van der Waals surface area contributed by atoms with Crippen LogP contribution in [-0.2, 0) is 6.67 Å². The minimum atomic E-state index is -0.537. The molecule has 21 heavy (non-hydrogen) atoms. The van der Waals surface area contributed by atoms with Gasteiger partial charge in [-0.2, -0.15) is 0 Å². The summed E-state index contributed by atoms with van der Waals surface area (Å²) in [6.45, 7) is -0.537. The molecule has 3 nitrogen and oxygen atoms in total. The van der Waals surface area contributed by atoms with Gasteiger partial charge in [-0.15, -0.1) is 0 Å². The maximum Gasteiger partial charge on any atom is 0.254 e. The highest BCUT2D eigenvalue weighted by Gasteiger charge is 2.14. The lowest BCUT2D eigenvalue weighted by Crippen LogP contribution is -2.22. The number of benzene rings is 2. The first kappa shape index (κ1) is 15.4. The van der Waals surface area contributed by atoms with Crippen molar-refractivity contribution < 1.29 is 9.18 Å². The number of nitrogens with zero attached hydrogens (tertiary/aromatic N) is 1. The minimum absolute atomic E-state index is 0.0583. The molecule has 2 aromatic carbocycles. The molecule has 0 aromatic heterocycles. The Hall–Kier alpha value is -2.01. The number of nitrogen functional groups attached to an aromatic ring is 1. The Morgan fingerprint density at radius 3 is 2.52 bits per heavy atom. The minimum Gasteiger partial charge on any atom is -0.398 e. The van der Waals surface area contributed by atoms with Crippen molar-refractivity contribution >= 4 is 23.4 Å². The number of nitrogens with two attached hydrogens (primary N) is 1. The van der Waals surface area contributed by atoms with Crippen molar-refractivity contribution in [2.75, 3.05) is 19.8 Å². The molecule has 2 rings (SSSR count). The maximum atomic E-state index is 12.6. The van der Waals surface area contributed by atoms with Gasteiger partial charge in [0.05, 0.1) is 5.56 Å². The summed E-state index contributed by atoms with van der Waals surface area (Å²) in [5, 5.41) is 0. The van der Waals surface area contributed by atoms with Gasteiger partial charge in [0.2, 0.25) is 0 Å². The summed E-state index contributed by atoms with van der Waals surface area (Å²) in [6.07, 6.45) is 0. The van der Waals surface area contributed by atoms with Crippen molar-refractivity contribution in [3.63, 3.8) is 0 Å². The predicted molar refractivity (Wildman–Crippen MR) is 84.2 cm³/mol. The number of hydrogen-bond acceptors (Lipinski definition) is 3.